The van der Waals surface area contributed by atoms with Crippen LogP contribution >= 0.6 is 0 Å². The molecule has 106 valence electrons. The molecule has 0 radical (unpaired) electrons. The van der Waals surface area contributed by atoms with Crippen molar-refractivity contribution in [3.05, 3.63) is 92.9 Å². The number of hydrogen-bond acceptors (Lipinski definition) is 2. The quantitative estimate of drug-likeness (QED) is 0.543. The largest absolute Gasteiger partial charge is 0.342 e. The number of aromatic nitrogens is 1. The first-order valence-electron chi connectivity index (χ1n) is 7.16. The predicted octanol–water partition coefficient (Wildman–Crippen LogP) is 2.95. The number of fused-ring (bicyclic) bond motifs is 1. The molecule has 0 aliphatic carbocycles. The molecule has 0 atom stereocenters. The van der Waals surface area contributed by atoms with Crippen molar-refractivity contribution < 1.29 is 0 Å². The maximum Gasteiger partial charge on any atom is 0.233 e. The Balaban J connectivity index is 1.88. The van der Waals surface area contributed by atoms with Gasteiger partial charge in [-0.3, -0.25) is 9.59 Å². The highest BCUT2D eigenvalue weighted by atomic mass is 16.2. The van der Waals surface area contributed by atoms with Crippen LogP contribution in [0.2, 0.25) is 0 Å². The van der Waals surface area contributed by atoms with Crippen molar-refractivity contribution >= 4 is 10.9 Å². The van der Waals surface area contributed by atoms with E-state index in [2.05, 4.69) is 16.7 Å². The van der Waals surface area contributed by atoms with Crippen LogP contribution < -0.4 is 10.9 Å². The Morgan fingerprint density at radius 2 is 1.55 bits per heavy atom. The van der Waals surface area contributed by atoms with Crippen LogP contribution in [0, 0.1) is 0 Å². The first-order valence-corrected chi connectivity index (χ1v) is 7.16. The monoisotopic (exact) mass is 287 g/mol. The molecular weight excluding hydrogens is 274 g/mol. The van der Waals surface area contributed by atoms with Gasteiger partial charge >= 0.3 is 0 Å². The SMILES string of the molecule is O=c1cc(-c2cn(Cc3ccccc3)c3ccccc23)c1=O. The number of hydrogen-bond donors (Lipinski definition) is 0. The minimum absolute atomic E-state index is 0.386. The summed E-state index contributed by atoms with van der Waals surface area (Å²) in [6.07, 6.45) is 1.97. The molecule has 3 nitrogen and oxygen atoms in total. The van der Waals surface area contributed by atoms with Crippen molar-refractivity contribution in [1.29, 1.82) is 0 Å². The molecule has 0 saturated carbocycles. The second kappa shape index (κ2) is 4.81. The molecule has 0 spiro atoms. The molecule has 0 aliphatic heterocycles. The van der Waals surface area contributed by atoms with E-state index in [1.807, 2.05) is 48.7 Å². The minimum Gasteiger partial charge on any atom is -0.342 e. The van der Waals surface area contributed by atoms with E-state index in [1.54, 1.807) is 0 Å². The molecule has 22 heavy (non-hydrogen) atoms. The second-order valence-corrected chi connectivity index (χ2v) is 5.42. The van der Waals surface area contributed by atoms with Gasteiger partial charge in [0.2, 0.25) is 10.9 Å². The first kappa shape index (κ1) is 12.8. The third-order valence-electron chi connectivity index (χ3n) is 4.02. The van der Waals surface area contributed by atoms with Crippen LogP contribution in [-0.2, 0) is 6.54 Å². The van der Waals surface area contributed by atoms with Gasteiger partial charge in [0.25, 0.3) is 0 Å². The van der Waals surface area contributed by atoms with Crippen molar-refractivity contribution in [2.45, 2.75) is 6.54 Å². The van der Waals surface area contributed by atoms with E-state index in [-0.39, 0.29) is 5.43 Å². The van der Waals surface area contributed by atoms with Gasteiger partial charge in [0.1, 0.15) is 0 Å². The standard InChI is InChI=1S/C19H13NO2/c21-18-10-15(19(18)22)16-12-20(11-13-6-2-1-3-7-13)17-9-5-4-8-14(16)17/h1-10,12H,11H2. The Labute approximate surface area is 126 Å². The summed E-state index contributed by atoms with van der Waals surface area (Å²) in [4.78, 5) is 23.0. The Morgan fingerprint density at radius 1 is 0.818 bits per heavy atom. The van der Waals surface area contributed by atoms with Gasteiger partial charge in [-0.25, -0.2) is 0 Å². The van der Waals surface area contributed by atoms with E-state index in [0.29, 0.717) is 5.56 Å². The number of rotatable bonds is 3. The third-order valence-corrected chi connectivity index (χ3v) is 4.02. The maximum atomic E-state index is 11.7. The Hall–Kier alpha value is -2.94. The molecule has 1 heterocycles. The summed E-state index contributed by atoms with van der Waals surface area (Å²) < 4.78 is 2.12. The molecule has 0 unspecified atom stereocenters. The molecular formula is C19H13NO2. The zero-order chi connectivity index (χ0) is 15.1. The van der Waals surface area contributed by atoms with Gasteiger partial charge in [-0.2, -0.15) is 0 Å². The van der Waals surface area contributed by atoms with Crippen LogP contribution in [0.15, 0.2) is 76.4 Å². The smallest absolute Gasteiger partial charge is 0.233 e. The van der Waals surface area contributed by atoms with E-state index < -0.39 is 5.43 Å². The zero-order valence-electron chi connectivity index (χ0n) is 11.8. The number of nitrogens with zero attached hydrogens (tertiary/aromatic N) is 1. The fraction of sp³-hybridized carbons (Fsp3) is 0.0526. The molecule has 0 bridgehead atoms. The van der Waals surface area contributed by atoms with E-state index >= 15 is 0 Å². The first-order chi connectivity index (χ1) is 10.7. The zero-order valence-corrected chi connectivity index (χ0v) is 11.8. The van der Waals surface area contributed by atoms with Crippen LogP contribution in [0.1, 0.15) is 5.56 Å². The van der Waals surface area contributed by atoms with Gasteiger partial charge in [-0.1, -0.05) is 48.5 Å². The fourth-order valence-corrected chi connectivity index (χ4v) is 2.89. The Bertz CT molecular complexity index is 1030. The van der Waals surface area contributed by atoms with Crippen molar-refractivity contribution in [1.82, 2.24) is 4.57 Å². The van der Waals surface area contributed by atoms with Crippen molar-refractivity contribution in [3.63, 3.8) is 0 Å². The summed E-state index contributed by atoms with van der Waals surface area (Å²) in [5.74, 6) is 0. The van der Waals surface area contributed by atoms with Gasteiger partial charge in [0, 0.05) is 40.8 Å². The summed E-state index contributed by atoms with van der Waals surface area (Å²) in [5.41, 5.74) is 2.83. The van der Waals surface area contributed by atoms with Crippen LogP contribution in [0.25, 0.3) is 22.0 Å². The van der Waals surface area contributed by atoms with Gasteiger partial charge in [0.05, 0.1) is 0 Å². The maximum absolute atomic E-state index is 11.7. The highest BCUT2D eigenvalue weighted by Gasteiger charge is 2.17. The van der Waals surface area contributed by atoms with Gasteiger partial charge in [-0.05, 0) is 11.6 Å². The average molecular weight is 287 g/mol. The highest BCUT2D eigenvalue weighted by molar-refractivity contribution is 5.96. The lowest BCUT2D eigenvalue weighted by Crippen LogP contribution is -2.30. The Kier molecular flexibility index (Phi) is 2.79. The van der Waals surface area contributed by atoms with Gasteiger partial charge in [-0.15, -0.1) is 0 Å². The number of benzene rings is 2. The van der Waals surface area contributed by atoms with Gasteiger partial charge < -0.3 is 4.57 Å². The average Bonchev–Trinajstić information content (AvgIpc) is 2.91. The molecule has 3 heteroatoms. The van der Waals surface area contributed by atoms with E-state index in [4.69, 9.17) is 0 Å². The topological polar surface area (TPSA) is 39.1 Å². The molecule has 0 saturated heterocycles. The number of para-hydroxylation sites is 1. The highest BCUT2D eigenvalue weighted by Crippen LogP contribution is 2.29. The van der Waals surface area contributed by atoms with Crippen LogP contribution in [-0.4, -0.2) is 4.57 Å². The minimum atomic E-state index is -0.408. The lowest BCUT2D eigenvalue weighted by molar-refractivity contribution is 0.837. The molecule has 3 aromatic carbocycles. The molecule has 0 amide bonds. The summed E-state index contributed by atoms with van der Waals surface area (Å²) in [5, 5.41) is 1.01. The van der Waals surface area contributed by atoms with Crippen LogP contribution in [0.4, 0.5) is 0 Å². The summed E-state index contributed by atoms with van der Waals surface area (Å²) in [7, 11) is 0. The summed E-state index contributed by atoms with van der Waals surface area (Å²) >= 11 is 0. The molecule has 0 N–H and O–H groups in total. The van der Waals surface area contributed by atoms with Crippen molar-refractivity contribution in [2.24, 2.45) is 0 Å². The van der Waals surface area contributed by atoms with Crippen molar-refractivity contribution in [3.8, 4) is 11.1 Å². The molecule has 4 aromatic rings. The van der Waals surface area contributed by atoms with Crippen molar-refractivity contribution in [2.75, 3.05) is 0 Å². The molecule has 1 aromatic heterocycles. The normalized spacial score (nSPS) is 11.3. The summed E-state index contributed by atoms with van der Waals surface area (Å²) in [6.45, 7) is 0.733. The molecule has 0 fully saturated rings. The Morgan fingerprint density at radius 3 is 2.27 bits per heavy atom. The van der Waals surface area contributed by atoms with E-state index in [9.17, 15) is 9.59 Å². The van der Waals surface area contributed by atoms with Crippen LogP contribution in [0.3, 0.4) is 0 Å². The van der Waals surface area contributed by atoms with E-state index in [0.717, 1.165) is 23.0 Å². The van der Waals surface area contributed by atoms with Crippen LogP contribution in [0.5, 0.6) is 0 Å². The second-order valence-electron chi connectivity index (χ2n) is 5.42. The van der Waals surface area contributed by atoms with E-state index in [1.165, 1.54) is 11.6 Å². The van der Waals surface area contributed by atoms with Gasteiger partial charge in [0.15, 0.2) is 0 Å². The molecule has 4 rings (SSSR count). The predicted molar refractivity (Wildman–Crippen MR) is 87.8 cm³/mol. The third kappa shape index (κ3) is 1.91. The summed E-state index contributed by atoms with van der Waals surface area (Å²) in [6, 6.07) is 19.5. The lowest BCUT2D eigenvalue weighted by atomic mass is 10.0. The fourth-order valence-electron chi connectivity index (χ4n) is 2.89. The lowest BCUT2D eigenvalue weighted by Gasteiger charge is -2.05. The molecule has 0 aliphatic rings.